The van der Waals surface area contributed by atoms with Gasteiger partial charge in [0.15, 0.2) is 0 Å². The van der Waals surface area contributed by atoms with Gasteiger partial charge in [0.1, 0.15) is 11.8 Å². The number of nitrogens with zero attached hydrogens (tertiary/aromatic N) is 2. The Morgan fingerprint density at radius 2 is 1.95 bits per heavy atom. The van der Waals surface area contributed by atoms with Gasteiger partial charge in [-0.05, 0) is 26.7 Å². The van der Waals surface area contributed by atoms with Gasteiger partial charge in [0.25, 0.3) is 0 Å². The van der Waals surface area contributed by atoms with Crippen molar-refractivity contribution in [3.05, 3.63) is 17.0 Å². The Balaban J connectivity index is 2.75. The predicted octanol–water partition coefficient (Wildman–Crippen LogP) is 1.72. The largest absolute Gasteiger partial charge is 0.480 e. The van der Waals surface area contributed by atoms with Gasteiger partial charge in [0, 0.05) is 19.0 Å². The molecule has 0 aliphatic carbocycles. The molecule has 2 unspecified atom stereocenters. The maximum Gasteiger partial charge on any atom is 0.326 e. The second kappa shape index (κ2) is 5.86. The lowest BCUT2D eigenvalue weighted by molar-refractivity contribution is -0.148. The van der Waals surface area contributed by atoms with E-state index in [1.165, 1.54) is 18.9 Å². The first kappa shape index (κ1) is 15.2. The fourth-order valence-electron chi connectivity index (χ4n) is 2.08. The zero-order valence-electron chi connectivity index (χ0n) is 11.9. The summed E-state index contributed by atoms with van der Waals surface area (Å²) in [7, 11) is 1.50. The molecule has 0 aromatic carbocycles. The van der Waals surface area contributed by atoms with Crippen LogP contribution in [0.25, 0.3) is 0 Å². The average molecular weight is 268 g/mol. The Bertz CT molecular complexity index is 461. The van der Waals surface area contributed by atoms with Gasteiger partial charge in [0.2, 0.25) is 5.91 Å². The summed E-state index contributed by atoms with van der Waals surface area (Å²) in [6.07, 6.45) is 0.233. The third-order valence-corrected chi connectivity index (χ3v) is 3.39. The van der Waals surface area contributed by atoms with E-state index in [9.17, 15) is 9.59 Å². The zero-order chi connectivity index (χ0) is 14.7. The number of carbonyl (C=O) groups excluding carboxylic acids is 1. The highest BCUT2D eigenvalue weighted by Crippen LogP contribution is 2.26. The minimum Gasteiger partial charge on any atom is -0.480 e. The van der Waals surface area contributed by atoms with E-state index in [2.05, 4.69) is 5.16 Å². The van der Waals surface area contributed by atoms with E-state index in [1.54, 1.807) is 6.92 Å². The molecule has 2 atom stereocenters. The lowest BCUT2D eigenvalue weighted by Crippen LogP contribution is -2.40. The molecule has 0 radical (unpaired) electrons. The monoisotopic (exact) mass is 268 g/mol. The molecule has 19 heavy (non-hydrogen) atoms. The van der Waals surface area contributed by atoms with E-state index in [0.29, 0.717) is 5.76 Å². The van der Waals surface area contributed by atoms with Crippen LogP contribution in [-0.2, 0) is 9.59 Å². The fourth-order valence-corrected chi connectivity index (χ4v) is 2.08. The maximum absolute atomic E-state index is 12.0. The third-order valence-electron chi connectivity index (χ3n) is 3.39. The van der Waals surface area contributed by atoms with E-state index in [-0.39, 0.29) is 18.2 Å². The molecule has 0 saturated heterocycles. The molecule has 1 rings (SSSR count). The van der Waals surface area contributed by atoms with Crippen molar-refractivity contribution in [2.24, 2.45) is 0 Å². The van der Waals surface area contributed by atoms with Gasteiger partial charge in [-0.1, -0.05) is 12.1 Å². The summed E-state index contributed by atoms with van der Waals surface area (Å²) in [4.78, 5) is 24.1. The van der Waals surface area contributed by atoms with Crippen LogP contribution in [0.5, 0.6) is 0 Å². The van der Waals surface area contributed by atoms with Gasteiger partial charge in [0.05, 0.1) is 5.69 Å². The van der Waals surface area contributed by atoms with Crippen LogP contribution in [-0.4, -0.2) is 40.1 Å². The van der Waals surface area contributed by atoms with Crippen molar-refractivity contribution in [2.45, 2.75) is 46.1 Å². The summed E-state index contributed by atoms with van der Waals surface area (Å²) in [5.41, 5.74) is 1.69. The number of hydrogen-bond donors (Lipinski definition) is 1. The Kier molecular flexibility index (Phi) is 4.69. The van der Waals surface area contributed by atoms with Crippen LogP contribution in [0.2, 0.25) is 0 Å². The maximum atomic E-state index is 12.0. The van der Waals surface area contributed by atoms with Crippen LogP contribution in [0.1, 0.15) is 43.2 Å². The van der Waals surface area contributed by atoms with Crippen LogP contribution < -0.4 is 0 Å². The second-order valence-corrected chi connectivity index (χ2v) is 4.86. The summed E-state index contributed by atoms with van der Waals surface area (Å²) >= 11 is 0. The van der Waals surface area contributed by atoms with Gasteiger partial charge in [-0.25, -0.2) is 4.79 Å². The average Bonchev–Trinajstić information content (AvgIpc) is 2.66. The molecule has 0 aliphatic heterocycles. The van der Waals surface area contributed by atoms with E-state index in [1.807, 2.05) is 13.8 Å². The first-order valence-electron chi connectivity index (χ1n) is 6.17. The molecule has 6 nitrogen and oxygen atoms in total. The topological polar surface area (TPSA) is 83.6 Å². The molecular formula is C13H20N2O4. The fraction of sp³-hybridized carbons (Fsp3) is 0.615. The number of aliphatic carboxylic acids is 1. The highest BCUT2D eigenvalue weighted by molar-refractivity contribution is 5.83. The third kappa shape index (κ3) is 3.33. The molecule has 0 aliphatic rings. The summed E-state index contributed by atoms with van der Waals surface area (Å²) in [6.45, 7) is 7.03. The van der Waals surface area contributed by atoms with Gasteiger partial charge in [-0.2, -0.15) is 0 Å². The molecule has 1 heterocycles. The van der Waals surface area contributed by atoms with Gasteiger partial charge >= 0.3 is 5.97 Å². The predicted molar refractivity (Wildman–Crippen MR) is 68.9 cm³/mol. The highest BCUT2D eigenvalue weighted by Gasteiger charge is 2.25. The van der Waals surface area contributed by atoms with Crippen LogP contribution in [0, 0.1) is 13.8 Å². The van der Waals surface area contributed by atoms with Crippen molar-refractivity contribution in [3.63, 3.8) is 0 Å². The molecule has 1 aromatic heterocycles. The highest BCUT2D eigenvalue weighted by atomic mass is 16.5. The molecule has 1 N–H and O–H groups in total. The van der Waals surface area contributed by atoms with Crippen molar-refractivity contribution in [1.82, 2.24) is 10.1 Å². The van der Waals surface area contributed by atoms with Gasteiger partial charge in [-0.3, -0.25) is 4.79 Å². The van der Waals surface area contributed by atoms with Crippen molar-refractivity contribution >= 4 is 11.9 Å². The van der Waals surface area contributed by atoms with E-state index in [0.717, 1.165) is 11.3 Å². The summed E-state index contributed by atoms with van der Waals surface area (Å²) in [6, 6.07) is -0.829. The molecule has 106 valence electrons. The SMILES string of the molecule is Cc1noc(C)c1C(C)CC(=O)N(C)C(C)C(=O)O. The molecule has 1 amide bonds. The van der Waals surface area contributed by atoms with E-state index < -0.39 is 12.0 Å². The summed E-state index contributed by atoms with van der Waals surface area (Å²) in [5, 5.41) is 12.7. The van der Waals surface area contributed by atoms with Crippen LogP contribution in [0.4, 0.5) is 0 Å². The number of carbonyl (C=O) groups is 2. The van der Waals surface area contributed by atoms with Crippen molar-refractivity contribution < 1.29 is 19.2 Å². The quantitative estimate of drug-likeness (QED) is 0.879. The zero-order valence-corrected chi connectivity index (χ0v) is 11.9. The number of amides is 1. The minimum absolute atomic E-state index is 0.0535. The lowest BCUT2D eigenvalue weighted by atomic mass is 9.95. The standard InChI is InChI=1S/C13H20N2O4/c1-7(12-8(2)14-19-10(12)4)6-11(16)15(5)9(3)13(17)18/h7,9H,6H2,1-5H3,(H,17,18). The molecule has 0 saturated carbocycles. The number of hydrogen-bond acceptors (Lipinski definition) is 4. The van der Waals surface area contributed by atoms with Crippen molar-refractivity contribution in [3.8, 4) is 0 Å². The molecule has 0 fully saturated rings. The van der Waals surface area contributed by atoms with Gasteiger partial charge < -0.3 is 14.5 Å². The number of aryl methyl sites for hydroxylation is 2. The Morgan fingerprint density at radius 3 is 2.37 bits per heavy atom. The summed E-state index contributed by atoms with van der Waals surface area (Å²) < 4.78 is 5.08. The first-order valence-corrected chi connectivity index (χ1v) is 6.17. The van der Waals surface area contributed by atoms with Crippen molar-refractivity contribution in [1.29, 1.82) is 0 Å². The molecule has 0 spiro atoms. The Hall–Kier alpha value is -1.85. The molecule has 6 heteroatoms. The lowest BCUT2D eigenvalue weighted by Gasteiger charge is -2.23. The summed E-state index contributed by atoms with van der Waals surface area (Å²) in [5.74, 6) is -0.572. The van der Waals surface area contributed by atoms with Crippen LogP contribution in [0.15, 0.2) is 4.52 Å². The van der Waals surface area contributed by atoms with Crippen molar-refractivity contribution in [2.75, 3.05) is 7.05 Å². The Morgan fingerprint density at radius 1 is 1.37 bits per heavy atom. The van der Waals surface area contributed by atoms with E-state index >= 15 is 0 Å². The number of rotatable bonds is 5. The van der Waals surface area contributed by atoms with Crippen LogP contribution >= 0.6 is 0 Å². The number of likely N-dealkylation sites (N-methyl/N-ethyl adjacent to an activating group) is 1. The number of aromatic nitrogens is 1. The smallest absolute Gasteiger partial charge is 0.326 e. The normalized spacial score (nSPS) is 13.9. The molecule has 1 aromatic rings. The van der Waals surface area contributed by atoms with Crippen LogP contribution in [0.3, 0.4) is 0 Å². The number of carboxylic acids is 1. The second-order valence-electron chi connectivity index (χ2n) is 4.86. The number of carboxylic acid groups (broad SMARTS) is 1. The molecular weight excluding hydrogens is 248 g/mol. The van der Waals surface area contributed by atoms with E-state index in [4.69, 9.17) is 9.63 Å². The Labute approximate surface area is 112 Å². The van der Waals surface area contributed by atoms with Gasteiger partial charge in [-0.15, -0.1) is 0 Å². The first-order chi connectivity index (χ1) is 8.75. The molecule has 0 bridgehead atoms. The minimum atomic E-state index is -1.01.